The fourth-order valence-corrected chi connectivity index (χ4v) is 3.60. The van der Waals surface area contributed by atoms with E-state index in [1.165, 1.54) is 5.56 Å². The zero-order valence-electron chi connectivity index (χ0n) is 15.8. The molecule has 27 heavy (non-hydrogen) atoms. The van der Waals surface area contributed by atoms with E-state index in [1.807, 2.05) is 24.3 Å². The zero-order chi connectivity index (χ0) is 19.1. The molecule has 2 aromatic rings. The van der Waals surface area contributed by atoms with Crippen LogP contribution in [-0.2, 0) is 4.79 Å². The number of nitrogens with zero attached hydrogens (tertiary/aromatic N) is 3. The molecule has 1 aromatic carbocycles. The Kier molecular flexibility index (Phi) is 6.43. The van der Waals surface area contributed by atoms with Crippen LogP contribution in [0.1, 0.15) is 43.2 Å². The van der Waals surface area contributed by atoms with Gasteiger partial charge in [0.25, 0.3) is 0 Å². The Hall–Kier alpha value is -2.87. The molecule has 0 saturated carbocycles. The maximum Gasteiger partial charge on any atom is 0.223 e. The van der Waals surface area contributed by atoms with Gasteiger partial charge in [0.15, 0.2) is 0 Å². The Balaban J connectivity index is 1.48. The van der Waals surface area contributed by atoms with Crippen LogP contribution in [0.2, 0.25) is 0 Å². The number of hydrogen-bond donors (Lipinski definition) is 1. The summed E-state index contributed by atoms with van der Waals surface area (Å²) in [5.74, 6) is 1.46. The van der Waals surface area contributed by atoms with E-state index in [1.54, 1.807) is 12.3 Å². The number of anilines is 1. The van der Waals surface area contributed by atoms with Crippen LogP contribution in [0.15, 0.2) is 48.7 Å². The van der Waals surface area contributed by atoms with Gasteiger partial charge >= 0.3 is 0 Å². The zero-order valence-corrected chi connectivity index (χ0v) is 15.8. The molecule has 1 saturated heterocycles. The number of hydrogen-bond acceptors (Lipinski definition) is 4. The number of nitriles is 1. The fourth-order valence-electron chi connectivity index (χ4n) is 3.60. The lowest BCUT2D eigenvalue weighted by molar-refractivity contribution is -0.125. The van der Waals surface area contributed by atoms with Crippen LogP contribution in [0.5, 0.6) is 0 Å². The van der Waals surface area contributed by atoms with Crippen molar-refractivity contribution in [2.24, 2.45) is 5.92 Å². The van der Waals surface area contributed by atoms with Crippen molar-refractivity contribution in [1.82, 2.24) is 10.3 Å². The summed E-state index contributed by atoms with van der Waals surface area (Å²) >= 11 is 0. The van der Waals surface area contributed by atoms with Gasteiger partial charge in [-0.1, -0.05) is 37.3 Å². The van der Waals surface area contributed by atoms with Crippen LogP contribution < -0.4 is 10.2 Å². The summed E-state index contributed by atoms with van der Waals surface area (Å²) in [6.07, 6.45) is 4.26. The van der Waals surface area contributed by atoms with Crippen molar-refractivity contribution in [2.45, 2.75) is 32.1 Å². The Labute approximate surface area is 161 Å². The van der Waals surface area contributed by atoms with Crippen molar-refractivity contribution >= 4 is 11.7 Å². The van der Waals surface area contributed by atoms with Gasteiger partial charge in [-0.25, -0.2) is 4.98 Å². The monoisotopic (exact) mass is 362 g/mol. The first-order valence-electron chi connectivity index (χ1n) is 9.65. The number of carbonyl (C=O) groups is 1. The minimum absolute atomic E-state index is 0.0629. The van der Waals surface area contributed by atoms with Gasteiger partial charge in [-0.05, 0) is 37.0 Å². The van der Waals surface area contributed by atoms with Crippen molar-refractivity contribution in [2.75, 3.05) is 24.5 Å². The van der Waals surface area contributed by atoms with E-state index in [9.17, 15) is 4.79 Å². The second-order valence-electron chi connectivity index (χ2n) is 7.04. The van der Waals surface area contributed by atoms with Gasteiger partial charge in [-0.15, -0.1) is 0 Å². The fraction of sp³-hybridized carbons (Fsp3) is 0.409. The molecule has 5 nitrogen and oxygen atoms in total. The molecule has 3 rings (SSSR count). The average Bonchev–Trinajstić information content (AvgIpc) is 2.75. The number of piperidine rings is 1. The Morgan fingerprint density at radius 2 is 2.00 bits per heavy atom. The van der Waals surface area contributed by atoms with Crippen LogP contribution in [0.3, 0.4) is 0 Å². The summed E-state index contributed by atoms with van der Waals surface area (Å²) in [4.78, 5) is 19.1. The molecule has 5 heteroatoms. The van der Waals surface area contributed by atoms with Crippen LogP contribution in [-0.4, -0.2) is 30.5 Å². The molecular weight excluding hydrogens is 336 g/mol. The van der Waals surface area contributed by atoms with E-state index in [-0.39, 0.29) is 11.8 Å². The SMILES string of the molecule is CCC(CNC(=O)C1CCN(c2ccc(C#N)cn2)CC1)c1ccccc1. The van der Waals surface area contributed by atoms with Gasteiger partial charge in [0.1, 0.15) is 11.9 Å². The largest absolute Gasteiger partial charge is 0.357 e. The highest BCUT2D eigenvalue weighted by atomic mass is 16.1. The van der Waals surface area contributed by atoms with Gasteiger partial charge in [-0.2, -0.15) is 5.26 Å². The molecule has 1 N–H and O–H groups in total. The highest BCUT2D eigenvalue weighted by molar-refractivity contribution is 5.79. The van der Waals surface area contributed by atoms with Crippen molar-refractivity contribution < 1.29 is 4.79 Å². The molecule has 0 spiro atoms. The average molecular weight is 362 g/mol. The molecular formula is C22H26N4O. The van der Waals surface area contributed by atoms with E-state index in [2.05, 4.69) is 40.3 Å². The lowest BCUT2D eigenvalue weighted by Crippen LogP contribution is -2.41. The number of amides is 1. The van der Waals surface area contributed by atoms with Crippen LogP contribution in [0, 0.1) is 17.2 Å². The molecule has 1 unspecified atom stereocenters. The summed E-state index contributed by atoms with van der Waals surface area (Å²) in [5.41, 5.74) is 1.85. The lowest BCUT2D eigenvalue weighted by atomic mass is 9.94. The second kappa shape index (κ2) is 9.18. The third kappa shape index (κ3) is 4.85. The van der Waals surface area contributed by atoms with Crippen molar-refractivity contribution in [3.8, 4) is 6.07 Å². The molecule has 0 bridgehead atoms. The number of aromatic nitrogens is 1. The number of rotatable bonds is 6. The summed E-state index contributed by atoms with van der Waals surface area (Å²) in [7, 11) is 0. The molecule has 140 valence electrons. The molecule has 1 atom stereocenters. The molecule has 1 aliphatic rings. The summed E-state index contributed by atoms with van der Waals surface area (Å²) in [6, 6.07) is 16.1. The standard InChI is InChI=1S/C22H26N4O/c1-2-18(19-6-4-3-5-7-19)16-25-22(27)20-10-12-26(13-11-20)21-9-8-17(14-23)15-24-21/h3-9,15,18,20H,2,10-13,16H2,1H3,(H,25,27). The molecule has 0 radical (unpaired) electrons. The summed E-state index contributed by atoms with van der Waals surface area (Å²) in [5, 5.41) is 12.0. The lowest BCUT2D eigenvalue weighted by Gasteiger charge is -2.32. The van der Waals surface area contributed by atoms with Gasteiger partial charge in [-0.3, -0.25) is 4.79 Å². The van der Waals surface area contributed by atoms with Crippen LogP contribution >= 0.6 is 0 Å². The topological polar surface area (TPSA) is 69.0 Å². The Morgan fingerprint density at radius 1 is 1.26 bits per heavy atom. The number of nitrogens with one attached hydrogen (secondary N) is 1. The van der Waals surface area contributed by atoms with E-state index >= 15 is 0 Å². The predicted molar refractivity (Wildman–Crippen MR) is 106 cm³/mol. The van der Waals surface area contributed by atoms with Gasteiger partial charge < -0.3 is 10.2 Å². The Morgan fingerprint density at radius 3 is 2.59 bits per heavy atom. The maximum atomic E-state index is 12.6. The second-order valence-corrected chi connectivity index (χ2v) is 7.04. The van der Waals surface area contributed by atoms with Crippen LogP contribution in [0.25, 0.3) is 0 Å². The Bertz CT molecular complexity index is 774. The van der Waals surface area contributed by atoms with Crippen molar-refractivity contribution in [3.05, 3.63) is 59.8 Å². The molecule has 1 amide bonds. The molecule has 2 heterocycles. The molecule has 1 aliphatic heterocycles. The van der Waals surface area contributed by atoms with Gasteiger partial charge in [0.2, 0.25) is 5.91 Å². The van der Waals surface area contributed by atoms with E-state index in [4.69, 9.17) is 5.26 Å². The van der Waals surface area contributed by atoms with Crippen molar-refractivity contribution in [1.29, 1.82) is 5.26 Å². The van der Waals surface area contributed by atoms with Gasteiger partial charge in [0.05, 0.1) is 5.56 Å². The predicted octanol–water partition coefficient (Wildman–Crippen LogP) is 3.48. The smallest absolute Gasteiger partial charge is 0.223 e. The molecule has 1 aromatic heterocycles. The van der Waals surface area contributed by atoms with E-state index in [0.29, 0.717) is 18.0 Å². The van der Waals surface area contributed by atoms with Gasteiger partial charge in [0, 0.05) is 37.7 Å². The minimum atomic E-state index is 0.0629. The maximum absolute atomic E-state index is 12.6. The third-order valence-electron chi connectivity index (χ3n) is 5.35. The first-order chi connectivity index (χ1) is 13.2. The highest BCUT2D eigenvalue weighted by Crippen LogP contribution is 2.23. The number of benzene rings is 1. The first-order valence-corrected chi connectivity index (χ1v) is 9.65. The highest BCUT2D eigenvalue weighted by Gasteiger charge is 2.26. The minimum Gasteiger partial charge on any atom is -0.357 e. The van der Waals surface area contributed by atoms with E-state index < -0.39 is 0 Å². The normalized spacial score (nSPS) is 15.8. The number of carbonyl (C=O) groups excluding carboxylic acids is 1. The molecule has 1 fully saturated rings. The van der Waals surface area contributed by atoms with Crippen molar-refractivity contribution in [3.63, 3.8) is 0 Å². The van der Waals surface area contributed by atoms with E-state index in [0.717, 1.165) is 38.2 Å². The summed E-state index contributed by atoms with van der Waals surface area (Å²) in [6.45, 7) is 4.48. The third-order valence-corrected chi connectivity index (χ3v) is 5.35. The van der Waals surface area contributed by atoms with Crippen LogP contribution in [0.4, 0.5) is 5.82 Å². The summed E-state index contributed by atoms with van der Waals surface area (Å²) < 4.78 is 0. The first kappa shape index (κ1) is 18.9. The molecule has 0 aliphatic carbocycles. The quantitative estimate of drug-likeness (QED) is 0.854. The number of pyridine rings is 1.